The summed E-state index contributed by atoms with van der Waals surface area (Å²) in [5.74, 6) is 0.506. The van der Waals surface area contributed by atoms with Gasteiger partial charge in [0.05, 0.1) is 0 Å². The Labute approximate surface area is 116 Å². The summed E-state index contributed by atoms with van der Waals surface area (Å²) in [7, 11) is 0. The number of carbonyl (C=O) groups excluding carboxylic acids is 1. The van der Waals surface area contributed by atoms with Gasteiger partial charge in [-0.2, -0.15) is 0 Å². The fourth-order valence-corrected chi connectivity index (χ4v) is 2.86. The molecule has 19 heavy (non-hydrogen) atoms. The standard InChI is InChI=1S/C13H18FN3OS/c14-10-1-2-12(11(15)9-10)19-8-3-13(18)17-6-4-16-5-7-17/h1-2,9,16H,3-8,15H2. The van der Waals surface area contributed by atoms with E-state index < -0.39 is 0 Å². The Morgan fingerprint density at radius 1 is 1.42 bits per heavy atom. The average Bonchev–Trinajstić information content (AvgIpc) is 2.42. The number of hydrogen-bond donors (Lipinski definition) is 2. The molecule has 0 saturated carbocycles. The highest BCUT2D eigenvalue weighted by atomic mass is 32.2. The molecule has 104 valence electrons. The van der Waals surface area contributed by atoms with Crippen LogP contribution in [0.3, 0.4) is 0 Å². The van der Waals surface area contributed by atoms with E-state index in [1.165, 1.54) is 23.9 Å². The van der Waals surface area contributed by atoms with Gasteiger partial charge in [-0.25, -0.2) is 4.39 Å². The van der Waals surface area contributed by atoms with Gasteiger partial charge in [0.1, 0.15) is 5.82 Å². The molecule has 1 aliphatic heterocycles. The third kappa shape index (κ3) is 4.11. The Balaban J connectivity index is 1.78. The summed E-state index contributed by atoms with van der Waals surface area (Å²) in [6.45, 7) is 3.29. The Bertz CT molecular complexity index is 450. The van der Waals surface area contributed by atoms with E-state index in [2.05, 4.69) is 5.32 Å². The predicted octanol–water partition coefficient (Wildman–Crippen LogP) is 1.32. The molecule has 0 spiro atoms. The molecule has 3 N–H and O–H groups in total. The van der Waals surface area contributed by atoms with Crippen LogP contribution in [0.25, 0.3) is 0 Å². The predicted molar refractivity (Wildman–Crippen MR) is 75.6 cm³/mol. The molecule has 0 bridgehead atoms. The average molecular weight is 283 g/mol. The van der Waals surface area contributed by atoms with Crippen LogP contribution in [0.1, 0.15) is 6.42 Å². The van der Waals surface area contributed by atoms with Gasteiger partial charge in [-0.3, -0.25) is 4.79 Å². The Hall–Kier alpha value is -1.27. The number of nitrogen functional groups attached to an aromatic ring is 1. The fourth-order valence-electron chi connectivity index (χ4n) is 1.97. The zero-order valence-corrected chi connectivity index (χ0v) is 11.5. The number of halogens is 1. The van der Waals surface area contributed by atoms with Crippen molar-refractivity contribution < 1.29 is 9.18 Å². The summed E-state index contributed by atoms with van der Waals surface area (Å²) in [4.78, 5) is 14.6. The van der Waals surface area contributed by atoms with E-state index in [1.807, 2.05) is 4.90 Å². The molecule has 1 aromatic rings. The summed E-state index contributed by atoms with van der Waals surface area (Å²) < 4.78 is 12.9. The summed E-state index contributed by atoms with van der Waals surface area (Å²) in [6.07, 6.45) is 0.488. The monoisotopic (exact) mass is 283 g/mol. The first kappa shape index (κ1) is 14.1. The third-order valence-corrected chi connectivity index (χ3v) is 4.11. The lowest BCUT2D eigenvalue weighted by Crippen LogP contribution is -2.46. The lowest BCUT2D eigenvalue weighted by molar-refractivity contribution is -0.131. The van der Waals surface area contributed by atoms with E-state index in [9.17, 15) is 9.18 Å². The van der Waals surface area contributed by atoms with Crippen molar-refractivity contribution in [2.75, 3.05) is 37.7 Å². The number of anilines is 1. The summed E-state index contributed by atoms with van der Waals surface area (Å²) in [5, 5.41) is 3.21. The minimum atomic E-state index is -0.334. The molecule has 1 fully saturated rings. The van der Waals surface area contributed by atoms with Crippen molar-refractivity contribution in [2.45, 2.75) is 11.3 Å². The van der Waals surface area contributed by atoms with E-state index in [4.69, 9.17) is 5.73 Å². The second kappa shape index (κ2) is 6.77. The van der Waals surface area contributed by atoms with Crippen molar-refractivity contribution in [2.24, 2.45) is 0 Å². The van der Waals surface area contributed by atoms with Crippen molar-refractivity contribution in [3.63, 3.8) is 0 Å². The number of benzene rings is 1. The maximum Gasteiger partial charge on any atom is 0.223 e. The highest BCUT2D eigenvalue weighted by molar-refractivity contribution is 7.99. The van der Waals surface area contributed by atoms with Gasteiger partial charge in [0, 0.05) is 48.9 Å². The van der Waals surface area contributed by atoms with Gasteiger partial charge < -0.3 is 16.0 Å². The number of thioether (sulfide) groups is 1. The molecular weight excluding hydrogens is 265 g/mol. The molecule has 0 radical (unpaired) electrons. The van der Waals surface area contributed by atoms with Crippen LogP contribution < -0.4 is 11.1 Å². The largest absolute Gasteiger partial charge is 0.398 e. The van der Waals surface area contributed by atoms with Gasteiger partial charge in [0.25, 0.3) is 0 Å². The third-order valence-electron chi connectivity index (χ3n) is 3.02. The number of carbonyl (C=O) groups is 1. The first-order valence-electron chi connectivity index (χ1n) is 6.33. The first-order chi connectivity index (χ1) is 9.16. The molecule has 6 heteroatoms. The summed E-state index contributed by atoms with van der Waals surface area (Å²) in [5.41, 5.74) is 6.15. The van der Waals surface area contributed by atoms with Crippen LogP contribution in [0.15, 0.2) is 23.1 Å². The van der Waals surface area contributed by atoms with Gasteiger partial charge in [-0.05, 0) is 18.2 Å². The number of nitrogens with one attached hydrogen (secondary N) is 1. The van der Waals surface area contributed by atoms with Gasteiger partial charge in [0.2, 0.25) is 5.91 Å². The second-order valence-corrected chi connectivity index (χ2v) is 5.55. The highest BCUT2D eigenvalue weighted by Crippen LogP contribution is 2.26. The number of hydrogen-bond acceptors (Lipinski definition) is 4. The van der Waals surface area contributed by atoms with E-state index in [-0.39, 0.29) is 11.7 Å². The van der Waals surface area contributed by atoms with Crippen LogP contribution in [0.2, 0.25) is 0 Å². The lowest BCUT2D eigenvalue weighted by Gasteiger charge is -2.27. The van der Waals surface area contributed by atoms with Crippen LogP contribution in [-0.4, -0.2) is 42.7 Å². The van der Waals surface area contributed by atoms with Gasteiger partial charge in [0.15, 0.2) is 0 Å². The number of nitrogens with zero attached hydrogens (tertiary/aromatic N) is 1. The van der Waals surface area contributed by atoms with Crippen molar-refractivity contribution in [1.82, 2.24) is 10.2 Å². The number of amides is 1. The highest BCUT2D eigenvalue weighted by Gasteiger charge is 2.15. The van der Waals surface area contributed by atoms with Crippen LogP contribution in [-0.2, 0) is 4.79 Å². The SMILES string of the molecule is Nc1cc(F)ccc1SCCC(=O)N1CCNCC1. The maximum atomic E-state index is 12.9. The van der Waals surface area contributed by atoms with E-state index in [1.54, 1.807) is 6.07 Å². The molecule has 1 aromatic carbocycles. The molecule has 1 saturated heterocycles. The zero-order chi connectivity index (χ0) is 13.7. The normalized spacial score (nSPS) is 15.5. The number of rotatable bonds is 4. The van der Waals surface area contributed by atoms with E-state index in [0.717, 1.165) is 31.1 Å². The Kier molecular flexibility index (Phi) is 5.04. The van der Waals surface area contributed by atoms with Crippen LogP contribution >= 0.6 is 11.8 Å². The Morgan fingerprint density at radius 2 is 2.16 bits per heavy atom. The minimum Gasteiger partial charge on any atom is -0.398 e. The molecule has 0 atom stereocenters. The Morgan fingerprint density at radius 3 is 2.84 bits per heavy atom. The number of piperazine rings is 1. The zero-order valence-electron chi connectivity index (χ0n) is 10.7. The molecule has 1 amide bonds. The van der Waals surface area contributed by atoms with Crippen molar-refractivity contribution in [1.29, 1.82) is 0 Å². The van der Waals surface area contributed by atoms with Crippen molar-refractivity contribution >= 4 is 23.4 Å². The van der Waals surface area contributed by atoms with Crippen LogP contribution in [0.4, 0.5) is 10.1 Å². The molecular formula is C13H18FN3OS. The maximum absolute atomic E-state index is 12.9. The smallest absolute Gasteiger partial charge is 0.223 e. The summed E-state index contributed by atoms with van der Waals surface area (Å²) in [6, 6.07) is 4.35. The van der Waals surface area contributed by atoms with Gasteiger partial charge in [-0.1, -0.05) is 0 Å². The minimum absolute atomic E-state index is 0.176. The van der Waals surface area contributed by atoms with E-state index in [0.29, 0.717) is 17.9 Å². The second-order valence-electron chi connectivity index (χ2n) is 4.41. The molecule has 4 nitrogen and oxygen atoms in total. The quantitative estimate of drug-likeness (QED) is 0.646. The molecule has 2 rings (SSSR count). The molecule has 0 aliphatic carbocycles. The topological polar surface area (TPSA) is 58.4 Å². The van der Waals surface area contributed by atoms with Crippen molar-refractivity contribution in [3.8, 4) is 0 Å². The molecule has 0 aromatic heterocycles. The lowest BCUT2D eigenvalue weighted by atomic mass is 10.3. The van der Waals surface area contributed by atoms with E-state index >= 15 is 0 Å². The first-order valence-corrected chi connectivity index (χ1v) is 7.31. The molecule has 0 unspecified atom stereocenters. The number of nitrogens with two attached hydrogens (primary N) is 1. The van der Waals surface area contributed by atoms with Crippen LogP contribution in [0, 0.1) is 5.82 Å². The summed E-state index contributed by atoms with van der Waals surface area (Å²) >= 11 is 1.49. The molecule has 1 heterocycles. The fraction of sp³-hybridized carbons (Fsp3) is 0.462. The molecule has 1 aliphatic rings. The van der Waals surface area contributed by atoms with Gasteiger partial charge in [-0.15, -0.1) is 11.8 Å². The van der Waals surface area contributed by atoms with Gasteiger partial charge >= 0.3 is 0 Å². The van der Waals surface area contributed by atoms with Crippen LogP contribution in [0.5, 0.6) is 0 Å². The van der Waals surface area contributed by atoms with Crippen molar-refractivity contribution in [3.05, 3.63) is 24.0 Å².